The molecule has 0 aromatic heterocycles. The number of nitrogens with two attached hydrogens (primary N) is 1. The first-order chi connectivity index (χ1) is 14.9. The second-order valence-electron chi connectivity index (χ2n) is 8.45. The number of aliphatic hydroxyl groups excluding tert-OH is 4. The van der Waals surface area contributed by atoms with Gasteiger partial charge in [0.25, 0.3) is 5.91 Å². The third-order valence-corrected chi connectivity index (χ3v) is 6.62. The van der Waals surface area contributed by atoms with Crippen molar-refractivity contribution < 1.29 is 45.0 Å². The summed E-state index contributed by atoms with van der Waals surface area (Å²) in [4.78, 5) is 39.7. The van der Waals surface area contributed by atoms with Gasteiger partial charge in [0.2, 0.25) is 5.78 Å². The zero-order valence-electron chi connectivity index (χ0n) is 17.1. The van der Waals surface area contributed by atoms with E-state index in [0.717, 1.165) is 0 Å². The normalized spacial score (nSPS) is 34.4. The van der Waals surface area contributed by atoms with Gasteiger partial charge in [0.1, 0.15) is 22.8 Å². The number of aliphatic hydroxyl groups is 5. The molecule has 11 nitrogen and oxygen atoms in total. The third kappa shape index (κ3) is 2.47. The number of phenols is 1. The summed E-state index contributed by atoms with van der Waals surface area (Å²) in [5.41, 5.74) is 0.311. The molecule has 11 heteroatoms. The van der Waals surface area contributed by atoms with Gasteiger partial charge < -0.3 is 36.4 Å². The summed E-state index contributed by atoms with van der Waals surface area (Å²) in [7, 11) is 2.79. The maximum atomic E-state index is 13.5. The SMILES string of the molecule is CN(C)[C@@H]1C(=O)C(C(N)=O)=C(O)[C@@]2(O)C(=O)C3=C(O)c4c(O)cccc4[C@H](O)[C@@H]3[C@H](O)[C@@H]12. The number of primary amides is 1. The number of rotatable bonds is 2. The molecule has 6 atom stereocenters. The first-order valence-electron chi connectivity index (χ1n) is 9.70. The smallest absolute Gasteiger partial charge is 0.255 e. The number of nitrogens with zero attached hydrogens (tertiary/aromatic N) is 1. The van der Waals surface area contributed by atoms with Gasteiger partial charge in [-0.15, -0.1) is 0 Å². The van der Waals surface area contributed by atoms with Crippen LogP contribution in [0, 0.1) is 11.8 Å². The number of carbonyl (C=O) groups is 3. The fraction of sp³-hybridized carbons (Fsp3) is 0.381. The van der Waals surface area contributed by atoms with Crippen LogP contribution in [0.4, 0.5) is 0 Å². The van der Waals surface area contributed by atoms with Crippen LogP contribution in [-0.4, -0.2) is 84.9 Å². The summed E-state index contributed by atoms with van der Waals surface area (Å²) >= 11 is 0. The molecule has 1 saturated carbocycles. The van der Waals surface area contributed by atoms with Gasteiger partial charge in [0, 0.05) is 11.5 Å². The maximum absolute atomic E-state index is 13.5. The monoisotopic (exact) mass is 446 g/mol. The van der Waals surface area contributed by atoms with Crippen molar-refractivity contribution in [1.29, 1.82) is 0 Å². The van der Waals surface area contributed by atoms with Crippen molar-refractivity contribution in [2.24, 2.45) is 17.6 Å². The van der Waals surface area contributed by atoms with Crippen molar-refractivity contribution >= 4 is 23.2 Å². The zero-order chi connectivity index (χ0) is 23.9. The molecule has 0 radical (unpaired) electrons. The predicted molar refractivity (Wildman–Crippen MR) is 107 cm³/mol. The quantitative estimate of drug-likeness (QED) is 0.260. The van der Waals surface area contributed by atoms with E-state index in [4.69, 9.17) is 5.73 Å². The molecule has 1 aromatic carbocycles. The van der Waals surface area contributed by atoms with Crippen LogP contribution in [0.15, 0.2) is 35.1 Å². The molecule has 1 aromatic rings. The summed E-state index contributed by atoms with van der Waals surface area (Å²) in [6.07, 6.45) is -3.44. The predicted octanol–water partition coefficient (Wildman–Crippen LogP) is -1.57. The average molecular weight is 446 g/mol. The van der Waals surface area contributed by atoms with Crippen LogP contribution in [0.1, 0.15) is 17.2 Å². The average Bonchev–Trinajstić information content (AvgIpc) is 2.70. The van der Waals surface area contributed by atoms with Crippen LogP contribution in [-0.2, 0) is 14.4 Å². The molecule has 8 N–H and O–H groups in total. The number of phenolic OH excluding ortho intramolecular Hbond substituents is 1. The lowest BCUT2D eigenvalue weighted by atomic mass is 9.55. The minimum atomic E-state index is -3.01. The van der Waals surface area contributed by atoms with Crippen molar-refractivity contribution in [1.82, 2.24) is 4.90 Å². The standard InChI is InChI=1S/C21H22N2O9/c1-23(2)13-12-16(27)9-10(15(26)8-6(14(9)25)4-3-5-7(8)24)18(29)21(12,32)19(30)11(17(13)28)20(22)31/h3-5,9,12-14,16,24-27,30,32H,1-2H3,(H2,22,31)/t9-,12-,13+,14+,16+,21+/m1/s1. The lowest BCUT2D eigenvalue weighted by Gasteiger charge is -2.53. The Morgan fingerprint density at radius 2 is 1.75 bits per heavy atom. The summed E-state index contributed by atoms with van der Waals surface area (Å²) in [6, 6.07) is 2.50. The first-order valence-corrected chi connectivity index (χ1v) is 9.70. The van der Waals surface area contributed by atoms with Gasteiger partial charge in [0.05, 0.1) is 29.7 Å². The molecule has 0 aliphatic heterocycles. The van der Waals surface area contributed by atoms with E-state index in [-0.39, 0.29) is 11.1 Å². The van der Waals surface area contributed by atoms with E-state index in [0.29, 0.717) is 0 Å². The molecule has 170 valence electrons. The molecule has 0 saturated heterocycles. The fourth-order valence-corrected chi connectivity index (χ4v) is 5.24. The van der Waals surface area contributed by atoms with Crippen molar-refractivity contribution in [3.63, 3.8) is 0 Å². The molecule has 4 rings (SSSR count). The van der Waals surface area contributed by atoms with E-state index < -0.39 is 81.6 Å². The Bertz CT molecular complexity index is 1140. The molecule has 0 heterocycles. The molecule has 0 bridgehead atoms. The molecular formula is C21H22N2O9. The highest BCUT2D eigenvalue weighted by molar-refractivity contribution is 6.24. The van der Waals surface area contributed by atoms with E-state index in [1.165, 1.54) is 37.2 Å². The molecular weight excluding hydrogens is 424 g/mol. The Kier molecular flexibility index (Phi) is 4.72. The fourth-order valence-electron chi connectivity index (χ4n) is 5.24. The Labute approximate surface area is 181 Å². The van der Waals surface area contributed by atoms with E-state index in [9.17, 15) is 45.0 Å². The number of carbonyl (C=O) groups excluding carboxylic acids is 3. The number of hydrogen-bond donors (Lipinski definition) is 7. The molecule has 3 aliphatic rings. The Morgan fingerprint density at radius 1 is 1.12 bits per heavy atom. The zero-order valence-corrected chi connectivity index (χ0v) is 17.1. The Balaban J connectivity index is 2.07. The summed E-state index contributed by atoms with van der Waals surface area (Å²) in [5.74, 6) is -9.56. The molecule has 0 unspecified atom stereocenters. The number of aromatic hydroxyl groups is 1. The molecule has 1 fully saturated rings. The molecule has 32 heavy (non-hydrogen) atoms. The van der Waals surface area contributed by atoms with Gasteiger partial charge in [-0.25, -0.2) is 0 Å². The molecule has 0 spiro atoms. The number of fused-ring (bicyclic) bond motifs is 3. The van der Waals surface area contributed by atoms with Gasteiger partial charge in [-0.3, -0.25) is 19.3 Å². The van der Waals surface area contributed by atoms with E-state index >= 15 is 0 Å². The van der Waals surface area contributed by atoms with Crippen molar-refractivity contribution in [3.8, 4) is 5.75 Å². The highest BCUT2D eigenvalue weighted by Gasteiger charge is 2.68. The summed E-state index contributed by atoms with van der Waals surface area (Å²) in [5, 5.41) is 65.3. The lowest BCUT2D eigenvalue weighted by molar-refractivity contribution is -0.174. The minimum absolute atomic E-state index is 0.0228. The number of likely N-dealkylation sites (N-methyl/N-ethyl adjacent to an activating group) is 1. The largest absolute Gasteiger partial charge is 0.508 e. The first kappa shape index (κ1) is 22.0. The van der Waals surface area contributed by atoms with Crippen molar-refractivity contribution in [3.05, 3.63) is 46.2 Å². The lowest BCUT2D eigenvalue weighted by Crippen LogP contribution is -2.70. The second kappa shape index (κ2) is 6.87. The van der Waals surface area contributed by atoms with Crippen molar-refractivity contribution in [2.45, 2.75) is 23.9 Å². The third-order valence-electron chi connectivity index (χ3n) is 6.62. The second-order valence-corrected chi connectivity index (χ2v) is 8.45. The summed E-state index contributed by atoms with van der Waals surface area (Å²) in [6.45, 7) is 0. The maximum Gasteiger partial charge on any atom is 0.255 e. The van der Waals surface area contributed by atoms with Crippen LogP contribution in [0.5, 0.6) is 5.75 Å². The molecule has 1 amide bonds. The van der Waals surface area contributed by atoms with Crippen LogP contribution >= 0.6 is 0 Å². The molecule has 3 aliphatic carbocycles. The van der Waals surface area contributed by atoms with E-state index in [1.807, 2.05) is 0 Å². The highest BCUT2D eigenvalue weighted by atomic mass is 16.4. The van der Waals surface area contributed by atoms with Gasteiger partial charge >= 0.3 is 0 Å². The van der Waals surface area contributed by atoms with E-state index in [1.54, 1.807) is 0 Å². The van der Waals surface area contributed by atoms with Gasteiger partial charge in [-0.05, 0) is 25.7 Å². The highest BCUT2D eigenvalue weighted by Crippen LogP contribution is 2.55. The number of amides is 1. The van der Waals surface area contributed by atoms with Gasteiger partial charge in [0.15, 0.2) is 11.4 Å². The Hall–Kier alpha value is -3.25. The minimum Gasteiger partial charge on any atom is -0.508 e. The van der Waals surface area contributed by atoms with Crippen molar-refractivity contribution in [2.75, 3.05) is 14.1 Å². The topological polar surface area (TPSA) is 202 Å². The van der Waals surface area contributed by atoms with Crippen LogP contribution in [0.2, 0.25) is 0 Å². The van der Waals surface area contributed by atoms with Crippen LogP contribution < -0.4 is 5.73 Å². The van der Waals surface area contributed by atoms with Gasteiger partial charge in [-0.1, -0.05) is 12.1 Å². The number of hydrogen-bond acceptors (Lipinski definition) is 10. The van der Waals surface area contributed by atoms with Crippen LogP contribution in [0.3, 0.4) is 0 Å². The van der Waals surface area contributed by atoms with E-state index in [2.05, 4.69) is 0 Å². The summed E-state index contributed by atoms with van der Waals surface area (Å²) < 4.78 is 0. The Morgan fingerprint density at radius 3 is 2.31 bits per heavy atom. The number of benzene rings is 1. The number of ketones is 2. The number of Topliss-reactive ketones (excluding diaryl/α,β-unsaturated/α-hetero) is 2. The van der Waals surface area contributed by atoms with Gasteiger partial charge in [-0.2, -0.15) is 0 Å². The van der Waals surface area contributed by atoms with Crippen LogP contribution in [0.25, 0.3) is 5.76 Å².